The zero-order valence-electron chi connectivity index (χ0n) is 17.8. The highest BCUT2D eigenvalue weighted by Gasteiger charge is 2.28. The van der Waals surface area contributed by atoms with Crippen molar-refractivity contribution in [3.63, 3.8) is 0 Å². The summed E-state index contributed by atoms with van der Waals surface area (Å²) in [5.74, 6) is 1.42. The molecule has 0 spiro atoms. The SMILES string of the molecule is CCn1cc(/C=C2\Oc3cc(OC/C=C/c4ccccc4)ccc3C2=O)c2ccccc21. The van der Waals surface area contributed by atoms with Crippen LogP contribution in [0.3, 0.4) is 0 Å². The minimum Gasteiger partial charge on any atom is -0.489 e. The molecule has 1 aliphatic rings. The lowest BCUT2D eigenvalue weighted by atomic mass is 10.1. The average Bonchev–Trinajstić information content (AvgIpc) is 3.34. The minimum absolute atomic E-state index is 0.108. The van der Waals surface area contributed by atoms with Crippen molar-refractivity contribution < 1.29 is 14.3 Å². The number of benzene rings is 3. The second kappa shape index (κ2) is 8.60. The fourth-order valence-corrected chi connectivity index (χ4v) is 3.94. The van der Waals surface area contributed by atoms with Crippen LogP contribution in [-0.2, 0) is 6.54 Å². The molecular formula is C28H23NO3. The second-order valence-electron chi connectivity index (χ2n) is 7.61. The zero-order chi connectivity index (χ0) is 21.9. The first-order valence-corrected chi connectivity index (χ1v) is 10.7. The molecule has 4 heteroatoms. The summed E-state index contributed by atoms with van der Waals surface area (Å²) in [6.45, 7) is 3.39. The van der Waals surface area contributed by atoms with Gasteiger partial charge in [0.05, 0.1) is 5.56 Å². The third-order valence-electron chi connectivity index (χ3n) is 5.54. The molecule has 0 saturated heterocycles. The number of nitrogens with zero attached hydrogens (tertiary/aromatic N) is 1. The largest absolute Gasteiger partial charge is 0.489 e. The molecule has 4 nitrogen and oxygen atoms in total. The molecule has 0 atom stereocenters. The normalized spacial score (nSPS) is 14.3. The van der Waals surface area contributed by atoms with Gasteiger partial charge in [0.15, 0.2) is 5.76 Å². The predicted octanol–water partition coefficient (Wildman–Crippen LogP) is 6.37. The number of hydrogen-bond acceptors (Lipinski definition) is 3. The van der Waals surface area contributed by atoms with Crippen LogP contribution in [-0.4, -0.2) is 17.0 Å². The van der Waals surface area contributed by atoms with E-state index in [-0.39, 0.29) is 5.78 Å². The van der Waals surface area contributed by atoms with E-state index in [9.17, 15) is 4.79 Å². The van der Waals surface area contributed by atoms with Gasteiger partial charge in [-0.15, -0.1) is 0 Å². The smallest absolute Gasteiger partial charge is 0.231 e. The van der Waals surface area contributed by atoms with Crippen LogP contribution >= 0.6 is 0 Å². The van der Waals surface area contributed by atoms with Gasteiger partial charge in [-0.2, -0.15) is 0 Å². The number of allylic oxidation sites excluding steroid dienone is 1. The minimum atomic E-state index is -0.108. The molecule has 0 aliphatic carbocycles. The van der Waals surface area contributed by atoms with E-state index in [0.29, 0.717) is 29.4 Å². The highest BCUT2D eigenvalue weighted by Crippen LogP contribution is 2.35. The summed E-state index contributed by atoms with van der Waals surface area (Å²) in [5, 5.41) is 1.10. The molecule has 5 rings (SSSR count). The van der Waals surface area contributed by atoms with Crippen molar-refractivity contribution in [3.8, 4) is 11.5 Å². The van der Waals surface area contributed by atoms with E-state index >= 15 is 0 Å². The number of carbonyl (C=O) groups is 1. The summed E-state index contributed by atoms with van der Waals surface area (Å²) in [6, 6.07) is 23.6. The van der Waals surface area contributed by atoms with Gasteiger partial charge in [-0.25, -0.2) is 0 Å². The van der Waals surface area contributed by atoms with Gasteiger partial charge < -0.3 is 14.0 Å². The molecule has 3 aromatic carbocycles. The number of aromatic nitrogens is 1. The lowest BCUT2D eigenvalue weighted by Crippen LogP contribution is -1.98. The summed E-state index contributed by atoms with van der Waals surface area (Å²) in [5.41, 5.74) is 3.80. The van der Waals surface area contributed by atoms with E-state index in [1.165, 1.54) is 0 Å². The molecule has 32 heavy (non-hydrogen) atoms. The van der Waals surface area contributed by atoms with Crippen LogP contribution in [0.2, 0.25) is 0 Å². The van der Waals surface area contributed by atoms with Crippen LogP contribution in [0.1, 0.15) is 28.4 Å². The maximum Gasteiger partial charge on any atom is 0.231 e. The van der Waals surface area contributed by atoms with Crippen LogP contribution < -0.4 is 9.47 Å². The first kappa shape index (κ1) is 19.9. The van der Waals surface area contributed by atoms with Crippen LogP contribution in [0.15, 0.2) is 90.8 Å². The summed E-state index contributed by atoms with van der Waals surface area (Å²) in [7, 11) is 0. The Bertz CT molecular complexity index is 1350. The van der Waals surface area contributed by atoms with Crippen molar-refractivity contribution in [2.24, 2.45) is 0 Å². The fraction of sp³-hybridized carbons (Fsp3) is 0.107. The Kier molecular flexibility index (Phi) is 5.34. The number of ether oxygens (including phenoxy) is 2. The molecule has 2 heterocycles. The monoisotopic (exact) mass is 421 g/mol. The fourth-order valence-electron chi connectivity index (χ4n) is 3.94. The number of fused-ring (bicyclic) bond motifs is 2. The van der Waals surface area contributed by atoms with Crippen LogP contribution in [0.5, 0.6) is 11.5 Å². The summed E-state index contributed by atoms with van der Waals surface area (Å²) in [6.07, 6.45) is 7.87. The maximum absolute atomic E-state index is 12.9. The highest BCUT2D eigenvalue weighted by atomic mass is 16.5. The van der Waals surface area contributed by atoms with Gasteiger partial charge in [0.1, 0.15) is 18.1 Å². The van der Waals surface area contributed by atoms with Gasteiger partial charge in [0, 0.05) is 35.3 Å². The van der Waals surface area contributed by atoms with E-state index in [1.807, 2.05) is 66.8 Å². The van der Waals surface area contributed by atoms with Crippen molar-refractivity contribution in [2.45, 2.75) is 13.5 Å². The van der Waals surface area contributed by atoms with E-state index in [1.54, 1.807) is 12.1 Å². The first-order chi connectivity index (χ1) is 15.7. The first-order valence-electron chi connectivity index (χ1n) is 10.7. The Labute approximate surface area is 187 Å². The van der Waals surface area contributed by atoms with Crippen molar-refractivity contribution in [2.75, 3.05) is 6.61 Å². The van der Waals surface area contributed by atoms with Crippen LogP contribution in [0, 0.1) is 0 Å². The summed E-state index contributed by atoms with van der Waals surface area (Å²) < 4.78 is 13.9. The molecule has 1 aromatic heterocycles. The van der Waals surface area contributed by atoms with Gasteiger partial charge in [0.2, 0.25) is 5.78 Å². The second-order valence-corrected chi connectivity index (χ2v) is 7.61. The number of rotatable bonds is 6. The van der Waals surface area contributed by atoms with Crippen molar-refractivity contribution >= 4 is 28.8 Å². The van der Waals surface area contributed by atoms with Crippen molar-refractivity contribution in [3.05, 3.63) is 108 Å². The molecule has 1 aliphatic heterocycles. The molecule has 0 unspecified atom stereocenters. The maximum atomic E-state index is 12.9. The van der Waals surface area contributed by atoms with E-state index in [0.717, 1.165) is 28.6 Å². The number of para-hydroxylation sites is 1. The third kappa shape index (κ3) is 3.83. The Morgan fingerprint density at radius 3 is 2.66 bits per heavy atom. The van der Waals surface area contributed by atoms with E-state index in [2.05, 4.69) is 29.8 Å². The highest BCUT2D eigenvalue weighted by molar-refractivity contribution is 6.15. The van der Waals surface area contributed by atoms with E-state index < -0.39 is 0 Å². The van der Waals surface area contributed by atoms with Gasteiger partial charge >= 0.3 is 0 Å². The van der Waals surface area contributed by atoms with Crippen molar-refractivity contribution in [1.29, 1.82) is 0 Å². The Balaban J connectivity index is 1.33. The predicted molar refractivity (Wildman–Crippen MR) is 128 cm³/mol. The lowest BCUT2D eigenvalue weighted by molar-refractivity contribution is 0.101. The summed E-state index contributed by atoms with van der Waals surface area (Å²) in [4.78, 5) is 12.9. The van der Waals surface area contributed by atoms with Gasteiger partial charge in [-0.1, -0.05) is 54.6 Å². The zero-order valence-corrected chi connectivity index (χ0v) is 17.8. The van der Waals surface area contributed by atoms with Crippen LogP contribution in [0.25, 0.3) is 23.1 Å². The Morgan fingerprint density at radius 1 is 1.00 bits per heavy atom. The quantitative estimate of drug-likeness (QED) is 0.340. The topological polar surface area (TPSA) is 40.5 Å². The molecule has 0 amide bonds. The molecule has 0 N–H and O–H groups in total. The third-order valence-corrected chi connectivity index (χ3v) is 5.54. The standard InChI is InChI=1S/C28H23NO3/c1-2-29-19-21(23-12-6-7-13-25(23)29)17-27-28(30)24-15-14-22(18-26(24)32-27)31-16-8-11-20-9-4-3-5-10-20/h3-15,17-19H,2,16H2,1H3/b11-8+,27-17-. The van der Waals surface area contributed by atoms with Gasteiger partial charge in [0.25, 0.3) is 0 Å². The van der Waals surface area contributed by atoms with E-state index in [4.69, 9.17) is 9.47 Å². The van der Waals surface area contributed by atoms with Crippen LogP contribution in [0.4, 0.5) is 0 Å². The number of Topliss-reactive ketones (excluding diaryl/α,β-unsaturated/α-hetero) is 1. The molecule has 4 aromatic rings. The summed E-state index contributed by atoms with van der Waals surface area (Å²) >= 11 is 0. The molecular weight excluding hydrogens is 398 g/mol. The van der Waals surface area contributed by atoms with Gasteiger partial charge in [-0.3, -0.25) is 4.79 Å². The number of ketones is 1. The Morgan fingerprint density at radius 2 is 1.81 bits per heavy atom. The number of aryl methyl sites for hydroxylation is 1. The van der Waals surface area contributed by atoms with Crippen molar-refractivity contribution in [1.82, 2.24) is 4.57 Å². The molecule has 0 saturated carbocycles. The number of hydrogen-bond donors (Lipinski definition) is 0. The van der Waals surface area contributed by atoms with Gasteiger partial charge in [-0.05, 0) is 42.8 Å². The average molecular weight is 421 g/mol. The number of carbonyl (C=O) groups excluding carboxylic acids is 1. The lowest BCUT2D eigenvalue weighted by Gasteiger charge is -2.04. The molecule has 0 fully saturated rings. The molecule has 0 radical (unpaired) electrons. The molecule has 0 bridgehead atoms. The Hall–Kier alpha value is -4.05. The molecule has 158 valence electrons.